The Bertz CT molecular complexity index is 563. The van der Waals surface area contributed by atoms with Gasteiger partial charge in [-0.2, -0.15) is 4.98 Å². The number of hydrogen-bond acceptors (Lipinski definition) is 4. The number of amides is 1. The predicted molar refractivity (Wildman–Crippen MR) is 67.8 cm³/mol. The number of nitrogens with one attached hydrogen (secondary N) is 1. The summed E-state index contributed by atoms with van der Waals surface area (Å²) in [5.74, 6) is 0.410. The number of aromatic nitrogens is 2. The highest BCUT2D eigenvalue weighted by molar-refractivity contribution is 6.39. The van der Waals surface area contributed by atoms with Crippen molar-refractivity contribution >= 4 is 34.8 Å². The van der Waals surface area contributed by atoms with E-state index in [0.717, 1.165) is 0 Å². The van der Waals surface area contributed by atoms with Crippen LogP contribution in [0.5, 0.6) is 0 Å². The molecule has 0 spiro atoms. The molecule has 0 saturated heterocycles. The van der Waals surface area contributed by atoms with E-state index < -0.39 is 0 Å². The number of carbonyl (C=O) groups excluding carboxylic acids is 1. The minimum atomic E-state index is -0.314. The third-order valence-corrected chi connectivity index (χ3v) is 2.75. The summed E-state index contributed by atoms with van der Waals surface area (Å²) in [5, 5.41) is 6.99. The van der Waals surface area contributed by atoms with Gasteiger partial charge in [0.25, 0.3) is 0 Å². The van der Waals surface area contributed by atoms with Crippen LogP contribution in [0.2, 0.25) is 10.0 Å². The summed E-state index contributed by atoms with van der Waals surface area (Å²) in [7, 11) is 0. The second-order valence-corrected chi connectivity index (χ2v) is 4.37. The topological polar surface area (TPSA) is 68.0 Å². The average Bonchev–Trinajstić information content (AvgIpc) is 2.69. The number of carbonyl (C=O) groups is 1. The van der Waals surface area contributed by atoms with Gasteiger partial charge in [-0.25, -0.2) is 0 Å². The lowest BCUT2D eigenvalue weighted by Gasteiger charge is -2.07. The Balaban J connectivity index is 2.08. The Hall–Kier alpha value is -1.59. The molecule has 5 nitrogen and oxygen atoms in total. The first kappa shape index (κ1) is 12.9. The summed E-state index contributed by atoms with van der Waals surface area (Å²) < 4.78 is 4.77. The lowest BCUT2D eigenvalue weighted by Crippen LogP contribution is -2.15. The monoisotopic (exact) mass is 285 g/mol. The van der Waals surface area contributed by atoms with Crippen LogP contribution in [0.25, 0.3) is 0 Å². The van der Waals surface area contributed by atoms with Crippen molar-refractivity contribution in [3.8, 4) is 0 Å². The largest absolute Gasteiger partial charge is 0.340 e. The van der Waals surface area contributed by atoms with Gasteiger partial charge in [0.1, 0.15) is 0 Å². The van der Waals surface area contributed by atoms with Gasteiger partial charge < -0.3 is 9.84 Å². The molecule has 0 aliphatic rings. The molecule has 0 radical (unpaired) electrons. The number of halogens is 2. The summed E-state index contributed by atoms with van der Waals surface area (Å²) in [6.07, 6.45) is -0.00110. The molecule has 0 aliphatic carbocycles. The molecule has 2 aromatic rings. The summed E-state index contributed by atoms with van der Waals surface area (Å²) in [5.41, 5.74) is 0.381. The zero-order valence-electron chi connectivity index (χ0n) is 9.41. The van der Waals surface area contributed by atoms with Crippen LogP contribution in [0, 0.1) is 6.92 Å². The van der Waals surface area contributed by atoms with Crippen LogP contribution in [-0.2, 0) is 11.2 Å². The van der Waals surface area contributed by atoms with Crippen LogP contribution in [0.4, 0.5) is 5.69 Å². The maximum absolute atomic E-state index is 11.7. The van der Waals surface area contributed by atoms with Crippen LogP contribution in [0.3, 0.4) is 0 Å². The van der Waals surface area contributed by atoms with E-state index in [9.17, 15) is 4.79 Å². The Morgan fingerprint density at radius 2 is 2.06 bits per heavy atom. The van der Waals surface area contributed by atoms with Gasteiger partial charge in [0.05, 0.1) is 22.2 Å². The third kappa shape index (κ3) is 3.00. The summed E-state index contributed by atoms with van der Waals surface area (Å²) in [4.78, 5) is 15.7. The Morgan fingerprint density at radius 3 is 2.61 bits per heavy atom. The van der Waals surface area contributed by atoms with Crippen molar-refractivity contribution in [2.75, 3.05) is 5.32 Å². The molecule has 0 bridgehead atoms. The van der Waals surface area contributed by atoms with E-state index in [4.69, 9.17) is 27.7 Å². The minimum absolute atomic E-state index is 0.00110. The van der Waals surface area contributed by atoms with Crippen molar-refractivity contribution in [2.45, 2.75) is 13.3 Å². The highest BCUT2D eigenvalue weighted by Gasteiger charge is 2.12. The molecular formula is C11H9Cl2N3O2. The molecule has 7 heteroatoms. The Kier molecular flexibility index (Phi) is 3.84. The zero-order valence-corrected chi connectivity index (χ0v) is 10.9. The van der Waals surface area contributed by atoms with E-state index in [0.29, 0.717) is 27.4 Å². The number of para-hydroxylation sites is 1. The number of anilines is 1. The number of hydrogen-bond donors (Lipinski definition) is 1. The Labute approximate surface area is 113 Å². The van der Waals surface area contributed by atoms with Crippen LogP contribution in [0.1, 0.15) is 11.7 Å². The van der Waals surface area contributed by atoms with Crippen LogP contribution in [0.15, 0.2) is 22.7 Å². The minimum Gasteiger partial charge on any atom is -0.340 e. The average molecular weight is 286 g/mol. The second kappa shape index (κ2) is 5.37. The first-order chi connectivity index (χ1) is 8.56. The van der Waals surface area contributed by atoms with Crippen molar-refractivity contribution in [1.29, 1.82) is 0 Å². The van der Waals surface area contributed by atoms with Crippen molar-refractivity contribution in [3.05, 3.63) is 40.0 Å². The summed E-state index contributed by atoms with van der Waals surface area (Å²) in [6, 6.07) is 4.98. The number of aryl methyl sites for hydroxylation is 1. The molecule has 0 saturated carbocycles. The third-order valence-electron chi connectivity index (χ3n) is 2.12. The smallest absolute Gasteiger partial charge is 0.232 e. The van der Waals surface area contributed by atoms with E-state index in [1.807, 2.05) is 0 Å². The van der Waals surface area contributed by atoms with E-state index in [1.165, 1.54) is 0 Å². The molecule has 0 unspecified atom stereocenters. The molecule has 0 atom stereocenters. The van der Waals surface area contributed by atoms with Gasteiger partial charge in [0.15, 0.2) is 5.82 Å². The molecule has 18 heavy (non-hydrogen) atoms. The molecule has 1 aromatic heterocycles. The molecule has 2 rings (SSSR count). The highest BCUT2D eigenvalue weighted by Crippen LogP contribution is 2.29. The fourth-order valence-corrected chi connectivity index (χ4v) is 1.85. The summed E-state index contributed by atoms with van der Waals surface area (Å²) >= 11 is 11.9. The molecule has 94 valence electrons. The van der Waals surface area contributed by atoms with Crippen molar-refractivity contribution in [2.24, 2.45) is 0 Å². The van der Waals surface area contributed by atoms with Crippen molar-refractivity contribution < 1.29 is 9.32 Å². The number of rotatable bonds is 3. The SMILES string of the molecule is Cc1nc(CC(=O)Nc2c(Cl)cccc2Cl)no1. The first-order valence-electron chi connectivity index (χ1n) is 5.09. The lowest BCUT2D eigenvalue weighted by molar-refractivity contribution is -0.115. The van der Waals surface area contributed by atoms with E-state index in [-0.39, 0.29) is 12.3 Å². The zero-order chi connectivity index (χ0) is 13.1. The molecule has 0 fully saturated rings. The fraction of sp³-hybridized carbons (Fsp3) is 0.182. The van der Waals surface area contributed by atoms with Gasteiger partial charge in [-0.3, -0.25) is 4.79 Å². The van der Waals surface area contributed by atoms with Crippen molar-refractivity contribution in [3.63, 3.8) is 0 Å². The van der Waals surface area contributed by atoms with Crippen LogP contribution in [-0.4, -0.2) is 16.0 Å². The van der Waals surface area contributed by atoms with E-state index in [2.05, 4.69) is 15.5 Å². The van der Waals surface area contributed by atoms with Gasteiger partial charge >= 0.3 is 0 Å². The van der Waals surface area contributed by atoms with E-state index in [1.54, 1.807) is 25.1 Å². The number of nitrogens with zero attached hydrogens (tertiary/aromatic N) is 2. The summed E-state index contributed by atoms with van der Waals surface area (Å²) in [6.45, 7) is 1.65. The number of benzene rings is 1. The van der Waals surface area contributed by atoms with Crippen molar-refractivity contribution in [1.82, 2.24) is 10.1 Å². The molecular weight excluding hydrogens is 277 g/mol. The molecule has 1 aromatic carbocycles. The van der Waals surface area contributed by atoms with Crippen LogP contribution >= 0.6 is 23.2 Å². The second-order valence-electron chi connectivity index (χ2n) is 3.55. The Morgan fingerprint density at radius 1 is 1.39 bits per heavy atom. The normalized spacial score (nSPS) is 10.4. The molecule has 1 heterocycles. The fourth-order valence-electron chi connectivity index (χ4n) is 1.36. The first-order valence-corrected chi connectivity index (χ1v) is 5.85. The molecule has 0 aliphatic heterocycles. The molecule has 1 amide bonds. The van der Waals surface area contributed by atoms with E-state index >= 15 is 0 Å². The maximum atomic E-state index is 11.7. The van der Waals surface area contributed by atoms with Gasteiger partial charge in [-0.15, -0.1) is 0 Å². The quantitative estimate of drug-likeness (QED) is 0.942. The predicted octanol–water partition coefficient (Wildman–Crippen LogP) is 2.87. The highest BCUT2D eigenvalue weighted by atomic mass is 35.5. The van der Waals surface area contributed by atoms with Gasteiger partial charge in [0.2, 0.25) is 11.8 Å². The standard InChI is InChI=1S/C11H9Cl2N3O2/c1-6-14-9(16-18-6)5-10(17)15-11-7(12)3-2-4-8(11)13/h2-4H,5H2,1H3,(H,15,17). The van der Waals surface area contributed by atoms with Crippen LogP contribution < -0.4 is 5.32 Å². The van der Waals surface area contributed by atoms with Gasteiger partial charge in [0, 0.05) is 6.92 Å². The maximum Gasteiger partial charge on any atom is 0.232 e. The molecule has 1 N–H and O–H groups in total. The van der Waals surface area contributed by atoms with Gasteiger partial charge in [-0.1, -0.05) is 34.4 Å². The van der Waals surface area contributed by atoms with Gasteiger partial charge in [-0.05, 0) is 12.1 Å². The lowest BCUT2D eigenvalue weighted by atomic mass is 10.3.